The molecule has 0 spiro atoms. The lowest BCUT2D eigenvalue weighted by Gasteiger charge is -2.53. The van der Waals surface area contributed by atoms with Crippen molar-refractivity contribution < 1.29 is 0 Å². The predicted molar refractivity (Wildman–Crippen MR) is 115 cm³/mol. The van der Waals surface area contributed by atoms with Gasteiger partial charge in [0.1, 0.15) is 0 Å². The maximum atomic E-state index is 2.73. The van der Waals surface area contributed by atoms with Gasteiger partial charge in [0.2, 0.25) is 0 Å². The van der Waals surface area contributed by atoms with Gasteiger partial charge in [0.25, 0.3) is 0 Å². The molecule has 4 rings (SSSR count). The van der Waals surface area contributed by atoms with E-state index in [0.29, 0.717) is 10.8 Å². The topological polar surface area (TPSA) is 0 Å². The molecule has 3 saturated carbocycles. The normalized spacial score (nSPS) is 42.2. The van der Waals surface area contributed by atoms with Crippen LogP contribution in [0.1, 0.15) is 112 Å². The number of allylic oxidation sites excluding steroid dienone is 2. The highest BCUT2D eigenvalue weighted by Gasteiger charge is 2.55. The smallest absolute Gasteiger partial charge is 0.0172 e. The highest BCUT2D eigenvalue weighted by molar-refractivity contribution is 5.18. The lowest BCUT2D eigenvalue weighted by atomic mass is 9.51. The van der Waals surface area contributed by atoms with E-state index >= 15 is 0 Å². The average molecular weight is 359 g/mol. The van der Waals surface area contributed by atoms with Gasteiger partial charge in [-0.3, -0.25) is 0 Å². The molecule has 3 fully saturated rings. The van der Waals surface area contributed by atoms with Crippen LogP contribution in [0.3, 0.4) is 0 Å². The van der Waals surface area contributed by atoms with E-state index in [1.54, 1.807) is 19.3 Å². The van der Waals surface area contributed by atoms with Crippen molar-refractivity contribution in [1.29, 1.82) is 0 Å². The maximum absolute atomic E-state index is 2.73. The number of hydrogen-bond acceptors (Lipinski definition) is 0. The molecular weight excluding hydrogens is 312 g/mol. The van der Waals surface area contributed by atoms with Crippen molar-refractivity contribution >= 4 is 0 Å². The molecule has 0 bridgehead atoms. The summed E-state index contributed by atoms with van der Waals surface area (Å²) in [6.45, 7) is 9.94. The fraction of sp³-hybridized carbons (Fsp3) is 0.923. The molecule has 0 aromatic carbocycles. The fourth-order valence-electron chi connectivity index (χ4n) is 7.71. The first-order chi connectivity index (χ1) is 11.9. The molecule has 0 aliphatic heterocycles. The Kier molecular flexibility index (Phi) is 6.01. The van der Waals surface area contributed by atoms with E-state index in [1.807, 2.05) is 5.57 Å². The zero-order valence-electron chi connectivity index (χ0n) is 17.4. The molecule has 0 saturated heterocycles. The molecule has 4 aliphatic carbocycles. The number of rotatable bonds is 3. The van der Waals surface area contributed by atoms with Gasteiger partial charge in [-0.1, -0.05) is 59.6 Å². The summed E-state index contributed by atoms with van der Waals surface area (Å²) in [5.74, 6) is 5.17. The second-order valence-electron chi connectivity index (χ2n) is 11.6. The Labute approximate surface area is 164 Å². The van der Waals surface area contributed by atoms with Gasteiger partial charge in [0.05, 0.1) is 0 Å². The second kappa shape index (κ2) is 7.63. The van der Waals surface area contributed by atoms with E-state index in [4.69, 9.17) is 0 Å². The maximum Gasteiger partial charge on any atom is -0.0172 e. The molecule has 6 atom stereocenters. The lowest BCUT2D eigenvalue weighted by molar-refractivity contribution is -0.0145. The summed E-state index contributed by atoms with van der Waals surface area (Å²) in [5.41, 5.74) is 3.08. The van der Waals surface area contributed by atoms with E-state index in [0.717, 1.165) is 29.6 Å². The van der Waals surface area contributed by atoms with Crippen molar-refractivity contribution in [2.75, 3.05) is 0 Å². The first kappa shape index (κ1) is 20.5. The van der Waals surface area contributed by atoms with Crippen molar-refractivity contribution in [3.63, 3.8) is 0 Å². The van der Waals surface area contributed by atoms with Gasteiger partial charge in [-0.05, 0) is 105 Å². The number of fused-ring (bicyclic) bond motifs is 5. The Bertz CT molecular complexity index is 507. The molecule has 0 radical (unpaired) electrons. The van der Waals surface area contributed by atoms with Gasteiger partial charge in [0, 0.05) is 0 Å². The summed E-state index contributed by atoms with van der Waals surface area (Å²) in [6.07, 6.45) is 20.6. The molecule has 0 heteroatoms. The van der Waals surface area contributed by atoms with Gasteiger partial charge in [-0.2, -0.15) is 0 Å². The van der Waals surface area contributed by atoms with Crippen molar-refractivity contribution in [2.45, 2.75) is 112 Å². The molecule has 4 aliphatic rings. The quantitative estimate of drug-likeness (QED) is 0.444. The Balaban J connectivity index is 0.00000196. The third-order valence-electron chi connectivity index (χ3n) is 9.04. The molecular formula is C26H46. The molecule has 150 valence electrons. The molecule has 0 aromatic rings. The third-order valence-corrected chi connectivity index (χ3v) is 9.04. The minimum Gasteiger partial charge on any atom is -0.0847 e. The van der Waals surface area contributed by atoms with Gasteiger partial charge in [0.15, 0.2) is 0 Å². The summed E-state index contributed by atoms with van der Waals surface area (Å²) in [5, 5.41) is 0. The van der Waals surface area contributed by atoms with Crippen molar-refractivity contribution in [3.8, 4) is 0 Å². The zero-order valence-corrected chi connectivity index (χ0v) is 17.4. The van der Waals surface area contributed by atoms with Crippen molar-refractivity contribution in [1.82, 2.24) is 0 Å². The predicted octanol–water partition coefficient (Wildman–Crippen LogP) is 8.42. The van der Waals surface area contributed by atoms with Gasteiger partial charge >= 0.3 is 0 Å². The van der Waals surface area contributed by atoms with Crippen molar-refractivity contribution in [2.24, 2.45) is 40.4 Å². The van der Waals surface area contributed by atoms with Gasteiger partial charge < -0.3 is 0 Å². The average Bonchev–Trinajstić information content (AvgIpc) is 2.90. The van der Waals surface area contributed by atoms with Crippen LogP contribution < -0.4 is 0 Å². The Morgan fingerprint density at radius 2 is 1.85 bits per heavy atom. The molecule has 0 amide bonds. The molecule has 6 unspecified atom stereocenters. The first-order valence-corrected chi connectivity index (χ1v) is 11.6. The summed E-state index contributed by atoms with van der Waals surface area (Å²) >= 11 is 0. The Morgan fingerprint density at radius 1 is 1.04 bits per heavy atom. The van der Waals surface area contributed by atoms with Gasteiger partial charge in [-0.25, -0.2) is 0 Å². The summed E-state index contributed by atoms with van der Waals surface area (Å²) in [6, 6.07) is 0. The Morgan fingerprint density at radius 3 is 2.62 bits per heavy atom. The van der Waals surface area contributed by atoms with E-state index in [-0.39, 0.29) is 7.43 Å². The first-order valence-electron chi connectivity index (χ1n) is 11.6. The number of hydrogen-bond donors (Lipinski definition) is 0. The lowest BCUT2D eigenvalue weighted by Crippen LogP contribution is -2.45. The molecule has 0 N–H and O–H groups in total. The Hall–Kier alpha value is -0.260. The van der Waals surface area contributed by atoms with Crippen LogP contribution in [0, 0.1) is 40.4 Å². The molecule has 26 heavy (non-hydrogen) atoms. The van der Waals surface area contributed by atoms with E-state index in [2.05, 4.69) is 33.8 Å². The summed E-state index contributed by atoms with van der Waals surface area (Å²) < 4.78 is 0. The van der Waals surface area contributed by atoms with E-state index in [1.165, 1.54) is 57.8 Å². The van der Waals surface area contributed by atoms with Crippen LogP contribution in [0.2, 0.25) is 0 Å². The standard InChI is InChI=1S/C25H42.CH4/c1-24(2,3)16-7-9-19-12-14-23-22-13-11-18-8-5-6-10-20(18)21(22)15-17-25(19,23)4;/h11,19-23H,5-10,12-17H2,1-4H3;1H4. The van der Waals surface area contributed by atoms with E-state index < -0.39 is 0 Å². The van der Waals surface area contributed by atoms with Crippen LogP contribution in [-0.2, 0) is 0 Å². The SMILES string of the molecule is C.CC(C)(C)CCCC1CCC2C3CC=C4CCCCC4C3CCC12C. The zero-order chi connectivity index (χ0) is 17.7. The third kappa shape index (κ3) is 3.68. The van der Waals surface area contributed by atoms with Crippen LogP contribution in [0.25, 0.3) is 0 Å². The highest BCUT2D eigenvalue weighted by atomic mass is 14.6. The van der Waals surface area contributed by atoms with Crippen LogP contribution in [-0.4, -0.2) is 0 Å². The second-order valence-corrected chi connectivity index (χ2v) is 11.6. The van der Waals surface area contributed by atoms with Crippen LogP contribution >= 0.6 is 0 Å². The van der Waals surface area contributed by atoms with Gasteiger partial charge in [-0.15, -0.1) is 0 Å². The largest absolute Gasteiger partial charge is 0.0847 e. The van der Waals surface area contributed by atoms with Crippen LogP contribution in [0.15, 0.2) is 11.6 Å². The summed E-state index contributed by atoms with van der Waals surface area (Å²) in [4.78, 5) is 0. The highest BCUT2D eigenvalue weighted by Crippen LogP contribution is 2.64. The van der Waals surface area contributed by atoms with E-state index in [9.17, 15) is 0 Å². The molecule has 0 heterocycles. The molecule has 0 aromatic heterocycles. The van der Waals surface area contributed by atoms with Crippen LogP contribution in [0.4, 0.5) is 0 Å². The minimum atomic E-state index is 0. The van der Waals surface area contributed by atoms with Crippen LogP contribution in [0.5, 0.6) is 0 Å². The minimum absolute atomic E-state index is 0. The van der Waals surface area contributed by atoms with Crippen molar-refractivity contribution in [3.05, 3.63) is 11.6 Å². The molecule has 0 nitrogen and oxygen atoms in total. The monoisotopic (exact) mass is 358 g/mol. The summed E-state index contributed by atoms with van der Waals surface area (Å²) in [7, 11) is 0. The fourth-order valence-corrected chi connectivity index (χ4v) is 7.71.